The molecule has 2 N–H and O–H groups in total. The van der Waals surface area contributed by atoms with Crippen molar-refractivity contribution in [2.45, 2.75) is 43.9 Å². The van der Waals surface area contributed by atoms with Crippen molar-refractivity contribution < 1.29 is 19.3 Å². The van der Waals surface area contributed by atoms with Crippen LogP contribution in [0.5, 0.6) is 0 Å². The predicted octanol–water partition coefficient (Wildman–Crippen LogP) is 4.72. The molecule has 0 radical (unpaired) electrons. The van der Waals surface area contributed by atoms with Gasteiger partial charge in [0.1, 0.15) is 12.2 Å². The summed E-state index contributed by atoms with van der Waals surface area (Å²) >= 11 is 6.16. The summed E-state index contributed by atoms with van der Waals surface area (Å²) in [4.78, 5) is 15.1. The molecule has 0 bridgehead atoms. The first-order valence-electron chi connectivity index (χ1n) is 11.1. The zero-order valence-corrected chi connectivity index (χ0v) is 19.0. The fourth-order valence-corrected chi connectivity index (χ4v) is 4.25. The van der Waals surface area contributed by atoms with Crippen molar-refractivity contribution in [3.05, 3.63) is 105 Å². The molecule has 1 aromatic heterocycles. The third-order valence-corrected chi connectivity index (χ3v) is 5.99. The number of halogens is 1. The van der Waals surface area contributed by atoms with Gasteiger partial charge in [0.05, 0.1) is 13.2 Å². The molecule has 3 unspecified atom stereocenters. The van der Waals surface area contributed by atoms with Gasteiger partial charge >= 0.3 is 0 Å². The van der Waals surface area contributed by atoms with E-state index in [1.165, 1.54) is 12.1 Å². The fraction of sp³-hybridized carbons (Fsp3) is 0.346. The van der Waals surface area contributed by atoms with Crippen molar-refractivity contribution in [2.75, 3.05) is 13.2 Å². The molecule has 2 heterocycles. The number of pyridine rings is 1. The van der Waals surface area contributed by atoms with Crippen LogP contribution in [0.4, 0.5) is 0 Å². The minimum Gasteiger partial charge on any atom is -0.396 e. The van der Waals surface area contributed by atoms with Gasteiger partial charge in [-0.2, -0.15) is 0 Å². The molecule has 0 saturated carbocycles. The Morgan fingerprint density at radius 2 is 1.94 bits per heavy atom. The van der Waals surface area contributed by atoms with Crippen molar-refractivity contribution in [3.8, 4) is 0 Å². The minimum atomic E-state index is -1.23. The van der Waals surface area contributed by atoms with Crippen LogP contribution in [0.1, 0.15) is 42.2 Å². The Kier molecular flexibility index (Phi) is 7.96. The van der Waals surface area contributed by atoms with Gasteiger partial charge in [-0.15, -0.1) is 0 Å². The molecule has 0 spiro atoms. The second-order valence-corrected chi connectivity index (χ2v) is 8.49. The van der Waals surface area contributed by atoms with Gasteiger partial charge in [0.2, 0.25) is 5.79 Å². The lowest BCUT2D eigenvalue weighted by Crippen LogP contribution is -2.50. The molecule has 1 fully saturated rings. The summed E-state index contributed by atoms with van der Waals surface area (Å²) in [7, 11) is 0. The van der Waals surface area contributed by atoms with E-state index >= 15 is 0 Å². The average molecular weight is 470 g/mol. The van der Waals surface area contributed by atoms with E-state index in [-0.39, 0.29) is 18.5 Å². The van der Waals surface area contributed by atoms with E-state index in [2.05, 4.69) is 4.98 Å². The molecule has 174 valence electrons. The Labute approximate surface area is 198 Å². The van der Waals surface area contributed by atoms with Crippen LogP contribution in [0.15, 0.2) is 77.7 Å². The largest absolute Gasteiger partial charge is 0.396 e. The summed E-state index contributed by atoms with van der Waals surface area (Å²) in [5, 5.41) is 10.3. The van der Waals surface area contributed by atoms with Crippen LogP contribution >= 0.6 is 11.6 Å². The number of aliphatic hydroxyl groups excluding tert-OH is 1. The molecule has 3 atom stereocenters. The predicted molar refractivity (Wildman–Crippen MR) is 126 cm³/mol. The van der Waals surface area contributed by atoms with E-state index in [0.717, 1.165) is 24.0 Å². The standard InChI is InChI=1S/C26H28ClNO5/c27-21-10-8-20(9-11-21)26(33-24(13-15-29)23-17-22(30)12-14-28-23)25(7-4-16-32-26)31-18-19-5-2-1-3-6-19/h1-3,5-6,8-12,14,17,24-25,29H,4,7,13,15-16,18H2,(H,28,30). The summed E-state index contributed by atoms with van der Waals surface area (Å²) in [6.07, 6.45) is 2.39. The zero-order chi connectivity index (χ0) is 23.1. The lowest BCUT2D eigenvalue weighted by atomic mass is 9.93. The second-order valence-electron chi connectivity index (χ2n) is 8.05. The van der Waals surface area contributed by atoms with Crippen molar-refractivity contribution in [3.63, 3.8) is 0 Å². The maximum absolute atomic E-state index is 12.0. The van der Waals surface area contributed by atoms with Crippen LogP contribution in [0, 0.1) is 0 Å². The molecule has 1 aliphatic rings. The number of aromatic nitrogens is 1. The monoisotopic (exact) mass is 469 g/mol. The summed E-state index contributed by atoms with van der Waals surface area (Å²) < 4.78 is 19.4. The first kappa shape index (κ1) is 23.7. The maximum Gasteiger partial charge on any atom is 0.222 e. The van der Waals surface area contributed by atoms with Gasteiger partial charge in [0.15, 0.2) is 5.43 Å². The Balaban J connectivity index is 1.71. The van der Waals surface area contributed by atoms with Crippen molar-refractivity contribution in [1.82, 2.24) is 4.98 Å². The number of hydrogen-bond donors (Lipinski definition) is 2. The Morgan fingerprint density at radius 3 is 2.67 bits per heavy atom. The van der Waals surface area contributed by atoms with E-state index in [4.69, 9.17) is 25.8 Å². The van der Waals surface area contributed by atoms with Gasteiger partial charge < -0.3 is 24.3 Å². The summed E-state index contributed by atoms with van der Waals surface area (Å²) in [5.74, 6) is -1.23. The Hall–Kier alpha value is -2.48. The van der Waals surface area contributed by atoms with Crippen LogP contribution in [0.2, 0.25) is 5.02 Å². The highest BCUT2D eigenvalue weighted by Crippen LogP contribution is 2.43. The summed E-state index contributed by atoms with van der Waals surface area (Å²) in [6.45, 7) is 0.777. The van der Waals surface area contributed by atoms with Crippen LogP contribution in [-0.4, -0.2) is 29.4 Å². The number of ether oxygens (including phenoxy) is 3. The average Bonchev–Trinajstić information content (AvgIpc) is 2.84. The molecule has 6 nitrogen and oxygen atoms in total. The Bertz CT molecular complexity index is 1070. The minimum absolute atomic E-state index is 0.117. The number of hydrogen-bond acceptors (Lipinski definition) is 5. The summed E-state index contributed by atoms with van der Waals surface area (Å²) in [6, 6.07) is 20.2. The number of aromatic amines is 1. The molecule has 4 rings (SSSR count). The van der Waals surface area contributed by atoms with Gasteiger partial charge in [0, 0.05) is 47.6 Å². The molecule has 0 amide bonds. The first-order valence-corrected chi connectivity index (χ1v) is 11.5. The van der Waals surface area contributed by atoms with E-state index in [1.54, 1.807) is 18.3 Å². The smallest absolute Gasteiger partial charge is 0.222 e. The molecule has 33 heavy (non-hydrogen) atoms. The van der Waals surface area contributed by atoms with Gasteiger partial charge in [-0.1, -0.05) is 54.1 Å². The van der Waals surface area contributed by atoms with E-state index < -0.39 is 18.0 Å². The zero-order valence-electron chi connectivity index (χ0n) is 18.3. The highest BCUT2D eigenvalue weighted by Gasteiger charge is 2.48. The van der Waals surface area contributed by atoms with Gasteiger partial charge in [-0.05, 0) is 30.5 Å². The topological polar surface area (TPSA) is 80.8 Å². The summed E-state index contributed by atoms with van der Waals surface area (Å²) in [5.41, 5.74) is 2.25. The van der Waals surface area contributed by atoms with Gasteiger partial charge in [-0.3, -0.25) is 4.79 Å². The number of nitrogens with one attached hydrogen (secondary N) is 1. The molecule has 3 aromatic rings. The number of benzene rings is 2. The van der Waals surface area contributed by atoms with Crippen molar-refractivity contribution in [2.24, 2.45) is 0 Å². The highest BCUT2D eigenvalue weighted by molar-refractivity contribution is 6.30. The molecule has 1 aliphatic heterocycles. The van der Waals surface area contributed by atoms with Gasteiger partial charge in [-0.25, -0.2) is 0 Å². The van der Waals surface area contributed by atoms with Crippen LogP contribution in [0.3, 0.4) is 0 Å². The maximum atomic E-state index is 12.0. The molecule has 2 aromatic carbocycles. The number of H-pyrrole nitrogens is 1. The second kappa shape index (κ2) is 11.1. The lowest BCUT2D eigenvalue weighted by molar-refractivity contribution is -0.339. The molecule has 0 aliphatic carbocycles. The quantitative estimate of drug-likeness (QED) is 0.474. The third kappa shape index (κ3) is 5.72. The molecule has 7 heteroatoms. The molecular formula is C26H28ClNO5. The van der Waals surface area contributed by atoms with E-state index in [1.807, 2.05) is 42.5 Å². The lowest BCUT2D eigenvalue weighted by Gasteiger charge is -2.45. The number of rotatable bonds is 9. The van der Waals surface area contributed by atoms with Crippen molar-refractivity contribution >= 4 is 11.6 Å². The van der Waals surface area contributed by atoms with Crippen LogP contribution in [-0.2, 0) is 26.6 Å². The van der Waals surface area contributed by atoms with Crippen molar-refractivity contribution in [1.29, 1.82) is 0 Å². The SMILES string of the molecule is O=c1cc[nH]c(C(CCO)OC2(c3ccc(Cl)cc3)OCCCC2OCc2ccccc2)c1. The van der Waals surface area contributed by atoms with E-state index in [0.29, 0.717) is 23.9 Å². The third-order valence-electron chi connectivity index (χ3n) is 5.74. The number of aliphatic hydroxyl groups is 1. The highest BCUT2D eigenvalue weighted by atomic mass is 35.5. The van der Waals surface area contributed by atoms with Gasteiger partial charge in [0.25, 0.3) is 0 Å². The normalized spacial score (nSPS) is 21.6. The van der Waals surface area contributed by atoms with Crippen LogP contribution < -0.4 is 5.43 Å². The molecule has 1 saturated heterocycles. The Morgan fingerprint density at radius 1 is 1.15 bits per heavy atom. The first-order chi connectivity index (χ1) is 16.1. The van der Waals surface area contributed by atoms with E-state index in [9.17, 15) is 9.90 Å². The molecular weight excluding hydrogens is 442 g/mol. The fourth-order valence-electron chi connectivity index (χ4n) is 4.12. The van der Waals surface area contributed by atoms with Crippen LogP contribution in [0.25, 0.3) is 0 Å².